The summed E-state index contributed by atoms with van der Waals surface area (Å²) in [6.07, 6.45) is 0. The number of hydrogen-bond acceptors (Lipinski definition) is 1. The van der Waals surface area contributed by atoms with Gasteiger partial charge in [-0.1, -0.05) is 12.1 Å². The van der Waals surface area contributed by atoms with Crippen molar-refractivity contribution in [3.63, 3.8) is 0 Å². The Morgan fingerprint density at radius 1 is 1.29 bits per heavy atom. The van der Waals surface area contributed by atoms with Crippen molar-refractivity contribution in [2.75, 3.05) is 0 Å². The van der Waals surface area contributed by atoms with Crippen molar-refractivity contribution in [1.29, 1.82) is 0 Å². The lowest BCUT2D eigenvalue weighted by Crippen LogP contribution is -2.07. The van der Waals surface area contributed by atoms with Crippen LogP contribution in [0.5, 0.6) is 0 Å². The summed E-state index contributed by atoms with van der Waals surface area (Å²) in [5, 5.41) is 10.3. The molecule has 0 spiro atoms. The van der Waals surface area contributed by atoms with E-state index < -0.39 is 5.97 Å². The number of benzene rings is 1. The van der Waals surface area contributed by atoms with Gasteiger partial charge in [0.05, 0.1) is 11.1 Å². The standard InChI is InChI=1S/C14H17NO2/c1-8(2)15-10(4)9(3)11-6-5-7-12(13(11)15)14(16)17/h5-8H,1-4H3,(H,16,17). The average Bonchev–Trinajstić information content (AvgIpc) is 2.51. The van der Waals surface area contributed by atoms with Crippen LogP contribution in [-0.4, -0.2) is 15.6 Å². The van der Waals surface area contributed by atoms with Gasteiger partial charge in [-0.15, -0.1) is 0 Å². The van der Waals surface area contributed by atoms with Gasteiger partial charge in [-0.25, -0.2) is 4.79 Å². The molecule has 0 aliphatic heterocycles. The molecule has 90 valence electrons. The summed E-state index contributed by atoms with van der Waals surface area (Å²) in [5.74, 6) is -0.866. The van der Waals surface area contributed by atoms with Crippen molar-refractivity contribution in [2.45, 2.75) is 33.7 Å². The van der Waals surface area contributed by atoms with Gasteiger partial charge in [0.25, 0.3) is 0 Å². The molecule has 2 aromatic rings. The van der Waals surface area contributed by atoms with Gasteiger partial charge in [0, 0.05) is 17.1 Å². The van der Waals surface area contributed by atoms with E-state index in [1.165, 1.54) is 0 Å². The number of aromatic nitrogens is 1. The van der Waals surface area contributed by atoms with Gasteiger partial charge in [0.15, 0.2) is 0 Å². The maximum Gasteiger partial charge on any atom is 0.337 e. The summed E-state index contributed by atoms with van der Waals surface area (Å²) in [5.41, 5.74) is 3.53. The zero-order valence-corrected chi connectivity index (χ0v) is 10.6. The molecule has 0 bridgehead atoms. The lowest BCUT2D eigenvalue weighted by atomic mass is 10.1. The van der Waals surface area contributed by atoms with Crippen molar-refractivity contribution in [2.24, 2.45) is 0 Å². The van der Waals surface area contributed by atoms with Gasteiger partial charge in [0.2, 0.25) is 0 Å². The van der Waals surface area contributed by atoms with Crippen molar-refractivity contribution in [3.8, 4) is 0 Å². The van der Waals surface area contributed by atoms with E-state index in [-0.39, 0.29) is 6.04 Å². The van der Waals surface area contributed by atoms with E-state index in [1.807, 2.05) is 26.0 Å². The molecule has 0 aliphatic rings. The minimum atomic E-state index is -0.866. The average molecular weight is 231 g/mol. The first-order chi connectivity index (χ1) is 7.95. The first kappa shape index (κ1) is 11.7. The summed E-state index contributed by atoms with van der Waals surface area (Å²) < 4.78 is 2.11. The highest BCUT2D eigenvalue weighted by atomic mass is 16.4. The molecule has 1 aromatic heterocycles. The largest absolute Gasteiger partial charge is 0.478 e. The molecular weight excluding hydrogens is 214 g/mol. The molecule has 1 aromatic carbocycles. The van der Waals surface area contributed by atoms with Crippen LogP contribution in [0.2, 0.25) is 0 Å². The third kappa shape index (κ3) is 1.62. The summed E-state index contributed by atoms with van der Waals surface area (Å²) in [7, 11) is 0. The number of aryl methyl sites for hydroxylation is 1. The third-order valence-corrected chi connectivity index (χ3v) is 3.33. The summed E-state index contributed by atoms with van der Waals surface area (Å²) in [6, 6.07) is 5.72. The first-order valence-corrected chi connectivity index (χ1v) is 5.78. The number of hydrogen-bond donors (Lipinski definition) is 1. The molecule has 0 saturated heterocycles. The second kappa shape index (κ2) is 3.91. The molecule has 3 heteroatoms. The Bertz CT molecular complexity index is 594. The fourth-order valence-electron chi connectivity index (χ4n) is 2.47. The van der Waals surface area contributed by atoms with Crippen LogP contribution in [0.25, 0.3) is 10.9 Å². The van der Waals surface area contributed by atoms with Crippen molar-refractivity contribution < 1.29 is 9.90 Å². The van der Waals surface area contributed by atoms with Gasteiger partial charge >= 0.3 is 5.97 Å². The second-order valence-corrected chi connectivity index (χ2v) is 4.68. The summed E-state index contributed by atoms with van der Waals surface area (Å²) in [6.45, 7) is 8.23. The fraction of sp³-hybridized carbons (Fsp3) is 0.357. The molecule has 0 saturated carbocycles. The van der Waals surface area contributed by atoms with Crippen LogP contribution in [0.4, 0.5) is 0 Å². The Kier molecular flexibility index (Phi) is 2.69. The van der Waals surface area contributed by atoms with Crippen LogP contribution in [0, 0.1) is 13.8 Å². The van der Waals surface area contributed by atoms with Gasteiger partial charge in [-0.3, -0.25) is 0 Å². The Morgan fingerprint density at radius 2 is 1.94 bits per heavy atom. The molecule has 17 heavy (non-hydrogen) atoms. The molecule has 0 unspecified atom stereocenters. The predicted molar refractivity (Wildman–Crippen MR) is 68.8 cm³/mol. The third-order valence-electron chi connectivity index (χ3n) is 3.33. The molecule has 1 N–H and O–H groups in total. The van der Waals surface area contributed by atoms with Gasteiger partial charge < -0.3 is 9.67 Å². The van der Waals surface area contributed by atoms with Crippen molar-refractivity contribution in [1.82, 2.24) is 4.57 Å². The molecule has 0 fully saturated rings. The molecule has 2 rings (SSSR count). The maximum absolute atomic E-state index is 11.3. The Morgan fingerprint density at radius 3 is 2.47 bits per heavy atom. The number of aromatic carboxylic acids is 1. The molecule has 1 heterocycles. The van der Waals surface area contributed by atoms with Crippen molar-refractivity contribution >= 4 is 16.9 Å². The number of carboxylic acids is 1. The van der Waals surface area contributed by atoms with E-state index in [0.29, 0.717) is 5.56 Å². The summed E-state index contributed by atoms with van der Waals surface area (Å²) in [4.78, 5) is 11.3. The Hall–Kier alpha value is -1.77. The molecule has 0 atom stereocenters. The Labute approximate surface area is 101 Å². The molecule has 0 radical (unpaired) electrons. The lowest BCUT2D eigenvalue weighted by molar-refractivity contribution is 0.0698. The van der Waals surface area contributed by atoms with E-state index in [4.69, 9.17) is 0 Å². The molecule has 0 aliphatic carbocycles. The smallest absolute Gasteiger partial charge is 0.337 e. The maximum atomic E-state index is 11.3. The van der Waals surface area contributed by atoms with Crippen LogP contribution < -0.4 is 0 Å². The highest BCUT2D eigenvalue weighted by Gasteiger charge is 2.18. The number of fused-ring (bicyclic) bond motifs is 1. The predicted octanol–water partition coefficient (Wildman–Crippen LogP) is 3.54. The normalized spacial score (nSPS) is 11.4. The van der Waals surface area contributed by atoms with E-state index in [1.54, 1.807) is 6.07 Å². The van der Waals surface area contributed by atoms with Crippen LogP contribution in [0.15, 0.2) is 18.2 Å². The zero-order chi connectivity index (χ0) is 12.7. The van der Waals surface area contributed by atoms with Gasteiger partial charge in [0.1, 0.15) is 0 Å². The number of carboxylic acid groups (broad SMARTS) is 1. The number of nitrogens with zero attached hydrogens (tertiary/aromatic N) is 1. The molecule has 0 amide bonds. The van der Waals surface area contributed by atoms with Crippen LogP contribution in [0.1, 0.15) is 41.5 Å². The van der Waals surface area contributed by atoms with E-state index in [0.717, 1.165) is 22.2 Å². The minimum Gasteiger partial charge on any atom is -0.478 e. The lowest BCUT2D eigenvalue weighted by Gasteiger charge is -2.13. The molecular formula is C14H17NO2. The first-order valence-electron chi connectivity index (χ1n) is 5.78. The monoisotopic (exact) mass is 231 g/mol. The van der Waals surface area contributed by atoms with Crippen LogP contribution >= 0.6 is 0 Å². The number of para-hydroxylation sites is 1. The summed E-state index contributed by atoms with van der Waals surface area (Å²) >= 11 is 0. The number of rotatable bonds is 2. The van der Waals surface area contributed by atoms with E-state index in [2.05, 4.69) is 18.4 Å². The fourth-order valence-corrected chi connectivity index (χ4v) is 2.47. The quantitative estimate of drug-likeness (QED) is 0.859. The van der Waals surface area contributed by atoms with Gasteiger partial charge in [-0.2, -0.15) is 0 Å². The Balaban J connectivity index is 2.97. The second-order valence-electron chi connectivity index (χ2n) is 4.68. The highest BCUT2D eigenvalue weighted by Crippen LogP contribution is 2.30. The minimum absolute atomic E-state index is 0.256. The van der Waals surface area contributed by atoms with E-state index in [9.17, 15) is 9.90 Å². The molecule has 3 nitrogen and oxygen atoms in total. The van der Waals surface area contributed by atoms with Crippen LogP contribution in [0.3, 0.4) is 0 Å². The zero-order valence-electron chi connectivity index (χ0n) is 10.6. The SMILES string of the molecule is Cc1c(C)n(C(C)C)c2c(C(=O)O)cccc12. The van der Waals surface area contributed by atoms with Crippen molar-refractivity contribution in [3.05, 3.63) is 35.0 Å². The number of carbonyl (C=O) groups is 1. The highest BCUT2D eigenvalue weighted by molar-refractivity contribution is 6.03. The topological polar surface area (TPSA) is 42.2 Å². The van der Waals surface area contributed by atoms with E-state index >= 15 is 0 Å². The van der Waals surface area contributed by atoms with Gasteiger partial charge in [-0.05, 0) is 39.3 Å². The van der Waals surface area contributed by atoms with Crippen LogP contribution in [-0.2, 0) is 0 Å².